The molecule has 0 spiro atoms. The highest BCUT2D eigenvalue weighted by Crippen LogP contribution is 2.19. The van der Waals surface area contributed by atoms with Gasteiger partial charge in [0.2, 0.25) is 11.2 Å². The minimum Gasteiger partial charge on any atom is -0.502 e. The highest BCUT2D eigenvalue weighted by molar-refractivity contribution is 5.85. The Morgan fingerprint density at radius 1 is 1.35 bits per heavy atom. The average Bonchev–Trinajstić information content (AvgIpc) is 2.77. The Balaban J connectivity index is 0.00000144. The van der Waals surface area contributed by atoms with Gasteiger partial charge in [0.25, 0.3) is 0 Å². The van der Waals surface area contributed by atoms with E-state index >= 15 is 0 Å². The van der Waals surface area contributed by atoms with Gasteiger partial charge in [0.1, 0.15) is 12.4 Å². The van der Waals surface area contributed by atoms with Gasteiger partial charge in [0, 0.05) is 6.07 Å². The highest BCUT2D eigenvalue weighted by Gasteiger charge is 2.17. The molecule has 1 aromatic heterocycles. The van der Waals surface area contributed by atoms with E-state index in [1.54, 1.807) is 0 Å². The molecule has 6 heteroatoms. The fourth-order valence-corrected chi connectivity index (χ4v) is 1.92. The van der Waals surface area contributed by atoms with Gasteiger partial charge in [-0.15, -0.1) is 12.4 Å². The lowest BCUT2D eigenvalue weighted by molar-refractivity contribution is 0.220. The van der Waals surface area contributed by atoms with Crippen LogP contribution in [0.5, 0.6) is 5.75 Å². The van der Waals surface area contributed by atoms with Gasteiger partial charge in [0.05, 0.1) is 6.54 Å². The summed E-state index contributed by atoms with van der Waals surface area (Å²) in [4.78, 5) is 13.5. The molecule has 1 aromatic rings. The number of aliphatic hydroxyl groups is 1. The number of halogens is 1. The first-order valence-electron chi connectivity index (χ1n) is 5.39. The fourth-order valence-electron chi connectivity index (χ4n) is 1.92. The molecule has 0 atom stereocenters. The largest absolute Gasteiger partial charge is 0.502 e. The normalized spacial score (nSPS) is 15.8. The molecule has 17 heavy (non-hydrogen) atoms. The number of aromatic hydroxyl groups is 1. The van der Waals surface area contributed by atoms with Crippen LogP contribution in [0.15, 0.2) is 15.3 Å². The minimum absolute atomic E-state index is 0. The van der Waals surface area contributed by atoms with Gasteiger partial charge in [-0.25, -0.2) is 0 Å². The van der Waals surface area contributed by atoms with Crippen LogP contribution in [-0.2, 0) is 13.2 Å². The van der Waals surface area contributed by atoms with Crippen LogP contribution < -0.4 is 5.43 Å². The van der Waals surface area contributed by atoms with Gasteiger partial charge >= 0.3 is 0 Å². The first-order valence-corrected chi connectivity index (χ1v) is 5.39. The zero-order valence-corrected chi connectivity index (χ0v) is 10.2. The summed E-state index contributed by atoms with van der Waals surface area (Å²) in [6.07, 6.45) is 2.26. The molecule has 1 fully saturated rings. The molecule has 0 unspecified atom stereocenters. The van der Waals surface area contributed by atoms with Crippen LogP contribution in [0.25, 0.3) is 0 Å². The Bertz CT molecular complexity index is 426. The Morgan fingerprint density at radius 2 is 2.00 bits per heavy atom. The smallest absolute Gasteiger partial charge is 0.227 e. The summed E-state index contributed by atoms with van der Waals surface area (Å²) in [5.41, 5.74) is -0.496. The maximum absolute atomic E-state index is 11.4. The van der Waals surface area contributed by atoms with E-state index in [1.807, 2.05) is 0 Å². The van der Waals surface area contributed by atoms with Crippen molar-refractivity contribution in [2.75, 3.05) is 13.1 Å². The lowest BCUT2D eigenvalue weighted by Crippen LogP contribution is -2.20. The van der Waals surface area contributed by atoms with Gasteiger partial charge in [-0.2, -0.15) is 0 Å². The predicted octanol–water partition coefficient (Wildman–Crippen LogP) is 0.855. The third-order valence-electron chi connectivity index (χ3n) is 2.77. The van der Waals surface area contributed by atoms with E-state index in [0.717, 1.165) is 32.0 Å². The Morgan fingerprint density at radius 3 is 2.59 bits per heavy atom. The molecule has 0 bridgehead atoms. The third kappa shape index (κ3) is 3.21. The molecule has 0 aliphatic carbocycles. The monoisotopic (exact) mass is 261 g/mol. The van der Waals surface area contributed by atoms with Crippen molar-refractivity contribution in [2.24, 2.45) is 0 Å². The van der Waals surface area contributed by atoms with Crippen LogP contribution >= 0.6 is 12.4 Å². The average molecular weight is 262 g/mol. The van der Waals surface area contributed by atoms with E-state index in [2.05, 4.69) is 4.90 Å². The zero-order valence-electron chi connectivity index (χ0n) is 9.39. The lowest BCUT2D eigenvalue weighted by Gasteiger charge is -2.14. The van der Waals surface area contributed by atoms with E-state index in [1.165, 1.54) is 0 Å². The molecular weight excluding hydrogens is 246 g/mol. The summed E-state index contributed by atoms with van der Waals surface area (Å²) in [7, 11) is 0. The quantitative estimate of drug-likeness (QED) is 0.844. The Kier molecular flexibility index (Phi) is 4.99. The van der Waals surface area contributed by atoms with E-state index in [-0.39, 0.29) is 36.3 Å². The van der Waals surface area contributed by atoms with Crippen LogP contribution in [0, 0.1) is 0 Å². The van der Waals surface area contributed by atoms with E-state index < -0.39 is 5.43 Å². The number of rotatable bonds is 3. The van der Waals surface area contributed by atoms with E-state index in [4.69, 9.17) is 9.52 Å². The van der Waals surface area contributed by atoms with Gasteiger partial charge in [-0.05, 0) is 25.9 Å². The second-order valence-corrected chi connectivity index (χ2v) is 3.99. The Hall–Kier alpha value is -1.04. The second kappa shape index (κ2) is 6.05. The zero-order chi connectivity index (χ0) is 11.5. The molecule has 2 N–H and O–H groups in total. The number of hydrogen-bond acceptors (Lipinski definition) is 5. The van der Waals surface area contributed by atoms with Crippen molar-refractivity contribution >= 4 is 12.4 Å². The van der Waals surface area contributed by atoms with E-state index in [9.17, 15) is 9.90 Å². The van der Waals surface area contributed by atoms with Crippen LogP contribution in [0.3, 0.4) is 0 Å². The van der Waals surface area contributed by atoms with E-state index in [0.29, 0.717) is 6.54 Å². The molecule has 1 aliphatic rings. The molecular formula is C11H16ClNO4. The number of likely N-dealkylation sites (tertiary alicyclic amines) is 1. The first-order chi connectivity index (χ1) is 7.70. The lowest BCUT2D eigenvalue weighted by atomic mass is 10.3. The van der Waals surface area contributed by atoms with Crippen molar-refractivity contribution in [3.8, 4) is 5.75 Å². The van der Waals surface area contributed by atoms with Crippen molar-refractivity contribution in [2.45, 2.75) is 26.0 Å². The van der Waals surface area contributed by atoms with Crippen molar-refractivity contribution < 1.29 is 14.6 Å². The van der Waals surface area contributed by atoms with Crippen LogP contribution in [0.1, 0.15) is 24.4 Å². The predicted molar refractivity (Wildman–Crippen MR) is 64.3 cm³/mol. The van der Waals surface area contributed by atoms with Gasteiger partial charge in [-0.3, -0.25) is 9.69 Å². The molecule has 1 aliphatic heterocycles. The molecule has 0 radical (unpaired) electrons. The topological polar surface area (TPSA) is 73.9 Å². The number of hydrogen-bond donors (Lipinski definition) is 2. The minimum atomic E-state index is -0.496. The maximum atomic E-state index is 11.4. The molecule has 5 nitrogen and oxygen atoms in total. The molecule has 0 aromatic carbocycles. The van der Waals surface area contributed by atoms with Crippen molar-refractivity contribution in [1.29, 1.82) is 0 Å². The summed E-state index contributed by atoms with van der Waals surface area (Å²) in [5, 5.41) is 18.5. The summed E-state index contributed by atoms with van der Waals surface area (Å²) in [5.74, 6) is 0.0968. The molecule has 0 amide bonds. The molecule has 96 valence electrons. The van der Waals surface area contributed by atoms with Crippen LogP contribution in [-0.4, -0.2) is 28.2 Å². The van der Waals surface area contributed by atoms with Crippen LogP contribution in [0.2, 0.25) is 0 Å². The fraction of sp³-hybridized carbons (Fsp3) is 0.545. The van der Waals surface area contributed by atoms with Gasteiger partial charge in [0.15, 0.2) is 5.76 Å². The number of aliphatic hydroxyl groups excluding tert-OH is 1. The first kappa shape index (κ1) is 14.0. The molecule has 0 saturated carbocycles. The summed E-state index contributed by atoms with van der Waals surface area (Å²) >= 11 is 0. The molecule has 2 rings (SSSR count). The van der Waals surface area contributed by atoms with Crippen LogP contribution in [0.4, 0.5) is 0 Å². The van der Waals surface area contributed by atoms with Gasteiger partial charge in [-0.1, -0.05) is 0 Å². The molecule has 1 saturated heterocycles. The van der Waals surface area contributed by atoms with Crippen molar-refractivity contribution in [3.63, 3.8) is 0 Å². The van der Waals surface area contributed by atoms with Crippen molar-refractivity contribution in [3.05, 3.63) is 27.8 Å². The maximum Gasteiger partial charge on any atom is 0.227 e. The Labute approximate surface area is 105 Å². The highest BCUT2D eigenvalue weighted by atomic mass is 35.5. The molecule has 2 heterocycles. The SMILES string of the molecule is Cl.O=c1cc(CO)oc(CN2CCCC2)c1O. The standard InChI is InChI=1S/C11H15NO4.ClH/c13-7-8-5-9(14)11(15)10(16-8)6-12-3-1-2-4-12;/h5,13,15H,1-4,6-7H2;1H. The summed E-state index contributed by atoms with van der Waals surface area (Å²) in [6, 6.07) is 1.11. The van der Waals surface area contributed by atoms with Crippen molar-refractivity contribution in [1.82, 2.24) is 4.90 Å². The van der Waals surface area contributed by atoms with Gasteiger partial charge < -0.3 is 14.6 Å². The number of nitrogens with zero attached hydrogens (tertiary/aromatic N) is 1. The summed E-state index contributed by atoms with van der Waals surface area (Å²) < 4.78 is 5.26. The third-order valence-corrected chi connectivity index (χ3v) is 2.77. The summed E-state index contributed by atoms with van der Waals surface area (Å²) in [6.45, 7) is 2.00. The second-order valence-electron chi connectivity index (χ2n) is 3.99.